The van der Waals surface area contributed by atoms with Crippen molar-refractivity contribution in [2.24, 2.45) is 5.73 Å². The minimum Gasteiger partial charge on any atom is -0.382 e. The Kier molecular flexibility index (Phi) is 5.54. The minimum absolute atomic E-state index is 0.256. The van der Waals surface area contributed by atoms with Gasteiger partial charge < -0.3 is 15.7 Å². The predicted molar refractivity (Wildman–Crippen MR) is 82.6 cm³/mol. The van der Waals surface area contributed by atoms with Crippen LogP contribution in [0.25, 0.3) is 0 Å². The zero-order chi connectivity index (χ0) is 14.4. The van der Waals surface area contributed by atoms with E-state index in [4.69, 9.17) is 5.73 Å². The van der Waals surface area contributed by atoms with Gasteiger partial charge in [0, 0.05) is 39.3 Å². The molecule has 20 heavy (non-hydrogen) atoms. The second-order valence-electron chi connectivity index (χ2n) is 5.72. The molecule has 1 unspecified atom stereocenters. The lowest BCUT2D eigenvalue weighted by Gasteiger charge is -2.39. The number of nitrogens with two attached hydrogens (primary N) is 1. The van der Waals surface area contributed by atoms with Crippen LogP contribution in [0, 0.1) is 0 Å². The van der Waals surface area contributed by atoms with Gasteiger partial charge in [-0.3, -0.25) is 4.90 Å². The van der Waals surface area contributed by atoms with Crippen molar-refractivity contribution in [2.75, 3.05) is 45.8 Å². The van der Waals surface area contributed by atoms with Crippen molar-refractivity contribution in [1.29, 1.82) is 0 Å². The number of benzene rings is 1. The molecular weight excluding hydrogens is 250 g/mol. The molecule has 1 aromatic rings. The van der Waals surface area contributed by atoms with Gasteiger partial charge in [0.25, 0.3) is 0 Å². The lowest BCUT2D eigenvalue weighted by molar-refractivity contribution is -0.00707. The lowest BCUT2D eigenvalue weighted by Crippen LogP contribution is -2.53. The van der Waals surface area contributed by atoms with Crippen LogP contribution in [-0.2, 0) is 5.60 Å². The third-order valence-corrected chi connectivity index (χ3v) is 4.14. The van der Waals surface area contributed by atoms with Gasteiger partial charge in [-0.15, -0.1) is 0 Å². The molecule has 0 bridgehead atoms. The Balaban J connectivity index is 1.94. The molecule has 2 rings (SSSR count). The third kappa shape index (κ3) is 3.79. The number of hydrogen-bond acceptors (Lipinski definition) is 4. The molecule has 0 radical (unpaired) electrons. The van der Waals surface area contributed by atoms with Gasteiger partial charge in [0.05, 0.1) is 0 Å². The van der Waals surface area contributed by atoms with Crippen LogP contribution in [-0.4, -0.2) is 60.7 Å². The predicted octanol–water partition coefficient (Wildman–Crippen LogP) is 0.861. The Labute approximate surface area is 122 Å². The van der Waals surface area contributed by atoms with Crippen molar-refractivity contribution in [3.05, 3.63) is 35.9 Å². The molecule has 0 spiro atoms. The maximum Gasteiger partial charge on any atom is 0.114 e. The summed E-state index contributed by atoms with van der Waals surface area (Å²) in [7, 11) is 0. The zero-order valence-electron chi connectivity index (χ0n) is 12.5. The standard InChI is InChI=1S/C16H27N3O/c1-2-8-18-9-11-19(12-10-18)14-16(20,13-17)15-6-4-3-5-7-15/h3-7,20H,2,8-14,17H2,1H3. The molecule has 1 atom stereocenters. The van der Waals surface area contributed by atoms with Gasteiger partial charge in [0.15, 0.2) is 0 Å². The van der Waals surface area contributed by atoms with Gasteiger partial charge in [0.2, 0.25) is 0 Å². The first-order valence-corrected chi connectivity index (χ1v) is 7.60. The summed E-state index contributed by atoms with van der Waals surface area (Å²) in [5, 5.41) is 10.8. The van der Waals surface area contributed by atoms with E-state index in [1.165, 1.54) is 13.0 Å². The molecule has 4 heteroatoms. The fraction of sp³-hybridized carbons (Fsp3) is 0.625. The monoisotopic (exact) mass is 277 g/mol. The van der Waals surface area contributed by atoms with Crippen molar-refractivity contribution >= 4 is 0 Å². The van der Waals surface area contributed by atoms with Crippen LogP contribution in [0.4, 0.5) is 0 Å². The van der Waals surface area contributed by atoms with E-state index in [1.54, 1.807) is 0 Å². The summed E-state index contributed by atoms with van der Waals surface area (Å²) >= 11 is 0. The van der Waals surface area contributed by atoms with E-state index in [2.05, 4.69) is 16.7 Å². The van der Waals surface area contributed by atoms with E-state index in [9.17, 15) is 5.11 Å². The highest BCUT2D eigenvalue weighted by molar-refractivity contribution is 5.23. The number of aliphatic hydroxyl groups is 1. The van der Waals surface area contributed by atoms with E-state index in [0.29, 0.717) is 6.54 Å². The average Bonchev–Trinajstić information content (AvgIpc) is 2.50. The highest BCUT2D eigenvalue weighted by Gasteiger charge is 2.31. The zero-order valence-corrected chi connectivity index (χ0v) is 12.5. The molecule has 0 aliphatic carbocycles. The number of rotatable bonds is 6. The van der Waals surface area contributed by atoms with Crippen molar-refractivity contribution in [3.8, 4) is 0 Å². The van der Waals surface area contributed by atoms with Gasteiger partial charge in [0.1, 0.15) is 5.60 Å². The number of hydrogen-bond donors (Lipinski definition) is 2. The van der Waals surface area contributed by atoms with E-state index in [0.717, 1.165) is 31.7 Å². The topological polar surface area (TPSA) is 52.7 Å². The summed E-state index contributed by atoms with van der Waals surface area (Å²) < 4.78 is 0. The van der Waals surface area contributed by atoms with Gasteiger partial charge in [-0.1, -0.05) is 37.3 Å². The van der Waals surface area contributed by atoms with Gasteiger partial charge in [-0.05, 0) is 18.5 Å². The van der Waals surface area contributed by atoms with Crippen LogP contribution in [0.2, 0.25) is 0 Å². The number of piperazine rings is 1. The molecule has 1 aliphatic heterocycles. The molecule has 112 valence electrons. The first-order chi connectivity index (χ1) is 9.68. The normalized spacial score (nSPS) is 20.8. The number of β-amino-alcohol motifs (C(OH)–C–C–N with tert-alkyl or cyclic N) is 1. The number of nitrogens with zero attached hydrogens (tertiary/aromatic N) is 2. The second kappa shape index (κ2) is 7.18. The van der Waals surface area contributed by atoms with E-state index >= 15 is 0 Å². The van der Waals surface area contributed by atoms with Crippen LogP contribution >= 0.6 is 0 Å². The van der Waals surface area contributed by atoms with Crippen LogP contribution in [0.15, 0.2) is 30.3 Å². The molecule has 1 aromatic carbocycles. The Morgan fingerprint density at radius 1 is 1.10 bits per heavy atom. The first kappa shape index (κ1) is 15.4. The van der Waals surface area contributed by atoms with Crippen molar-refractivity contribution in [3.63, 3.8) is 0 Å². The minimum atomic E-state index is -0.936. The van der Waals surface area contributed by atoms with Crippen LogP contribution in [0.5, 0.6) is 0 Å². The molecule has 0 amide bonds. The Bertz CT molecular complexity index is 390. The third-order valence-electron chi connectivity index (χ3n) is 4.14. The first-order valence-electron chi connectivity index (χ1n) is 7.60. The summed E-state index contributed by atoms with van der Waals surface area (Å²) in [6.07, 6.45) is 1.21. The van der Waals surface area contributed by atoms with Gasteiger partial charge in [-0.2, -0.15) is 0 Å². The van der Waals surface area contributed by atoms with Crippen molar-refractivity contribution in [1.82, 2.24) is 9.80 Å². The molecule has 4 nitrogen and oxygen atoms in total. The molecular formula is C16H27N3O. The second-order valence-corrected chi connectivity index (χ2v) is 5.72. The molecule has 3 N–H and O–H groups in total. The van der Waals surface area contributed by atoms with E-state index in [-0.39, 0.29) is 6.54 Å². The lowest BCUT2D eigenvalue weighted by atomic mass is 9.93. The van der Waals surface area contributed by atoms with Crippen LogP contribution in [0.1, 0.15) is 18.9 Å². The summed E-state index contributed by atoms with van der Waals surface area (Å²) in [5.74, 6) is 0. The summed E-state index contributed by atoms with van der Waals surface area (Å²) in [5.41, 5.74) is 5.82. The highest BCUT2D eigenvalue weighted by Crippen LogP contribution is 2.21. The summed E-state index contributed by atoms with van der Waals surface area (Å²) in [6.45, 7) is 8.46. The quantitative estimate of drug-likeness (QED) is 0.810. The Morgan fingerprint density at radius 2 is 1.70 bits per heavy atom. The molecule has 0 aromatic heterocycles. The summed E-state index contributed by atoms with van der Waals surface area (Å²) in [4.78, 5) is 4.81. The maximum absolute atomic E-state index is 10.8. The van der Waals surface area contributed by atoms with Crippen molar-refractivity contribution in [2.45, 2.75) is 18.9 Å². The summed E-state index contributed by atoms with van der Waals surface area (Å²) in [6, 6.07) is 9.79. The molecule has 1 aliphatic rings. The molecule has 1 fully saturated rings. The fourth-order valence-electron chi connectivity index (χ4n) is 2.88. The fourth-order valence-corrected chi connectivity index (χ4v) is 2.88. The SMILES string of the molecule is CCCN1CCN(CC(O)(CN)c2ccccc2)CC1. The van der Waals surface area contributed by atoms with E-state index < -0.39 is 5.60 Å². The van der Waals surface area contributed by atoms with Crippen LogP contribution in [0.3, 0.4) is 0 Å². The van der Waals surface area contributed by atoms with E-state index in [1.807, 2.05) is 30.3 Å². The highest BCUT2D eigenvalue weighted by atomic mass is 16.3. The molecule has 1 heterocycles. The van der Waals surface area contributed by atoms with Gasteiger partial charge in [-0.25, -0.2) is 0 Å². The smallest absolute Gasteiger partial charge is 0.114 e. The largest absolute Gasteiger partial charge is 0.382 e. The van der Waals surface area contributed by atoms with Crippen molar-refractivity contribution < 1.29 is 5.11 Å². The maximum atomic E-state index is 10.8. The van der Waals surface area contributed by atoms with Gasteiger partial charge >= 0.3 is 0 Å². The Morgan fingerprint density at radius 3 is 2.25 bits per heavy atom. The van der Waals surface area contributed by atoms with Crippen LogP contribution < -0.4 is 5.73 Å². The average molecular weight is 277 g/mol. The Hall–Kier alpha value is -0.940. The molecule has 1 saturated heterocycles. The molecule has 0 saturated carbocycles.